The number of aryl methyl sites for hydroxylation is 1. The van der Waals surface area contributed by atoms with E-state index in [-0.39, 0.29) is 0 Å². The first-order valence-corrected chi connectivity index (χ1v) is 8.92. The van der Waals surface area contributed by atoms with E-state index < -0.39 is 0 Å². The summed E-state index contributed by atoms with van der Waals surface area (Å²) in [5, 5.41) is 5.73. The summed E-state index contributed by atoms with van der Waals surface area (Å²) < 4.78 is 1.01. The van der Waals surface area contributed by atoms with Gasteiger partial charge >= 0.3 is 0 Å². The molecule has 0 saturated carbocycles. The Morgan fingerprint density at radius 3 is 2.50 bits per heavy atom. The van der Waals surface area contributed by atoms with Crippen molar-refractivity contribution < 1.29 is 0 Å². The van der Waals surface area contributed by atoms with Crippen molar-refractivity contribution in [3.63, 3.8) is 0 Å². The quantitative estimate of drug-likeness (QED) is 0.262. The average molecular weight is 402 g/mol. The lowest BCUT2D eigenvalue weighted by Gasteiger charge is -2.08. The number of hydrazine groups is 1. The minimum absolute atomic E-state index is 0.433. The summed E-state index contributed by atoms with van der Waals surface area (Å²) in [5.74, 6) is 5.99. The van der Waals surface area contributed by atoms with E-state index in [0.717, 1.165) is 21.4 Å². The van der Waals surface area contributed by atoms with Gasteiger partial charge in [0.15, 0.2) is 0 Å². The van der Waals surface area contributed by atoms with Crippen LogP contribution in [0.3, 0.4) is 0 Å². The summed E-state index contributed by atoms with van der Waals surface area (Å²) in [4.78, 5) is 8.97. The zero-order valence-corrected chi connectivity index (χ0v) is 15.4. The Hall–Kier alpha value is -2.22. The molecule has 0 amide bonds. The second kappa shape index (κ2) is 7.57. The molecule has 0 fully saturated rings. The van der Waals surface area contributed by atoms with Crippen molar-refractivity contribution >= 4 is 44.0 Å². The largest absolute Gasteiger partial charge is 0.325 e. The van der Waals surface area contributed by atoms with Gasteiger partial charge in [-0.1, -0.05) is 45.8 Å². The minimum atomic E-state index is 0.433. The molecule has 0 bridgehead atoms. The van der Waals surface area contributed by atoms with Crippen LogP contribution in [0.25, 0.3) is 11.3 Å². The third-order valence-electron chi connectivity index (χ3n) is 3.29. The molecule has 0 spiro atoms. The number of nitrogens with zero attached hydrogens (tertiary/aromatic N) is 2. The van der Waals surface area contributed by atoms with Crippen molar-refractivity contribution in [1.29, 1.82) is 0 Å². The Balaban J connectivity index is 1.78. The van der Waals surface area contributed by atoms with Gasteiger partial charge in [0.1, 0.15) is 0 Å². The number of halogens is 1. The van der Waals surface area contributed by atoms with Gasteiger partial charge in [-0.15, -0.1) is 11.3 Å². The lowest BCUT2D eigenvalue weighted by atomic mass is 10.1. The number of hydrogen-bond donors (Lipinski definition) is 3. The van der Waals surface area contributed by atoms with Gasteiger partial charge in [-0.25, -0.2) is 10.8 Å². The van der Waals surface area contributed by atoms with Crippen molar-refractivity contribution in [2.75, 3.05) is 5.32 Å². The number of aliphatic imine (C=N–C) groups is 1. The van der Waals surface area contributed by atoms with E-state index in [1.54, 1.807) is 0 Å². The van der Waals surface area contributed by atoms with Crippen LogP contribution < -0.4 is 16.6 Å². The van der Waals surface area contributed by atoms with Crippen LogP contribution >= 0.6 is 27.3 Å². The molecule has 122 valence electrons. The molecule has 1 aromatic heterocycles. The van der Waals surface area contributed by atoms with E-state index in [2.05, 4.69) is 67.8 Å². The van der Waals surface area contributed by atoms with E-state index >= 15 is 0 Å². The smallest absolute Gasteiger partial charge is 0.217 e. The fourth-order valence-electron chi connectivity index (χ4n) is 2.03. The second-order valence-corrected chi connectivity index (χ2v) is 6.87. The number of nitrogens with one attached hydrogen (secondary N) is 2. The maximum absolute atomic E-state index is 5.56. The summed E-state index contributed by atoms with van der Waals surface area (Å²) in [6.07, 6.45) is 0. The second-order valence-electron chi connectivity index (χ2n) is 5.12. The van der Waals surface area contributed by atoms with Gasteiger partial charge in [0.25, 0.3) is 0 Å². The molecule has 0 aliphatic heterocycles. The van der Waals surface area contributed by atoms with Crippen LogP contribution in [0, 0.1) is 6.92 Å². The molecular weight excluding hydrogens is 386 g/mol. The molecule has 0 radical (unpaired) electrons. The van der Waals surface area contributed by atoms with Gasteiger partial charge in [-0.3, -0.25) is 5.43 Å². The monoisotopic (exact) mass is 401 g/mol. The number of thiazole rings is 1. The van der Waals surface area contributed by atoms with E-state index in [1.165, 1.54) is 16.9 Å². The average Bonchev–Trinajstić information content (AvgIpc) is 3.05. The van der Waals surface area contributed by atoms with Crippen LogP contribution in [0.5, 0.6) is 0 Å². The fourth-order valence-corrected chi connectivity index (χ4v) is 3.00. The number of nitrogens with two attached hydrogens (primary N) is 1. The zero-order chi connectivity index (χ0) is 16.9. The maximum Gasteiger partial charge on any atom is 0.217 e. The molecule has 0 unspecified atom stereocenters. The number of aromatic nitrogens is 1. The zero-order valence-electron chi connectivity index (χ0n) is 13.0. The first-order valence-electron chi connectivity index (χ1n) is 7.24. The SMILES string of the molecule is Cc1ccc(-c2csc(/N=C(\NN)Nc3ccc(Br)cc3)n2)cc1. The lowest BCUT2D eigenvalue weighted by Crippen LogP contribution is -2.35. The fraction of sp³-hybridized carbons (Fsp3) is 0.0588. The topological polar surface area (TPSA) is 75.3 Å². The maximum atomic E-state index is 5.56. The van der Waals surface area contributed by atoms with Crippen molar-refractivity contribution in [3.8, 4) is 11.3 Å². The molecule has 7 heteroatoms. The highest BCUT2D eigenvalue weighted by Crippen LogP contribution is 2.27. The highest BCUT2D eigenvalue weighted by atomic mass is 79.9. The summed E-state index contributed by atoms with van der Waals surface area (Å²) in [7, 11) is 0. The molecule has 0 aliphatic rings. The summed E-state index contributed by atoms with van der Waals surface area (Å²) in [6.45, 7) is 2.06. The van der Waals surface area contributed by atoms with Gasteiger partial charge in [0.2, 0.25) is 11.1 Å². The van der Waals surface area contributed by atoms with Gasteiger partial charge in [-0.2, -0.15) is 4.99 Å². The number of anilines is 1. The number of rotatable bonds is 3. The van der Waals surface area contributed by atoms with Crippen LogP contribution in [0.15, 0.2) is 63.4 Å². The van der Waals surface area contributed by atoms with Crippen molar-refractivity contribution in [2.24, 2.45) is 10.8 Å². The molecular formula is C17H16BrN5S. The predicted molar refractivity (Wildman–Crippen MR) is 104 cm³/mol. The van der Waals surface area contributed by atoms with E-state index in [0.29, 0.717) is 11.1 Å². The third kappa shape index (κ3) is 4.19. The Morgan fingerprint density at radius 1 is 1.12 bits per heavy atom. The molecule has 24 heavy (non-hydrogen) atoms. The van der Waals surface area contributed by atoms with Gasteiger partial charge < -0.3 is 5.32 Å². The van der Waals surface area contributed by atoms with Crippen LogP contribution in [-0.4, -0.2) is 10.9 Å². The Bertz CT molecular complexity index is 840. The van der Waals surface area contributed by atoms with Crippen LogP contribution in [0.1, 0.15) is 5.56 Å². The standard InChI is InChI=1S/C17H16BrN5S/c1-11-2-4-12(5-3-11)15-10-24-17(21-15)22-16(23-19)20-14-8-6-13(18)7-9-14/h2-10H,19H2,1H3,(H2,20,21,22,23). The molecule has 0 saturated heterocycles. The van der Waals surface area contributed by atoms with E-state index in [4.69, 9.17) is 5.84 Å². The van der Waals surface area contributed by atoms with Crippen LogP contribution in [-0.2, 0) is 0 Å². The van der Waals surface area contributed by atoms with Crippen LogP contribution in [0.4, 0.5) is 10.8 Å². The molecule has 1 heterocycles. The Kier molecular flexibility index (Phi) is 5.24. The first kappa shape index (κ1) is 16.6. The Morgan fingerprint density at radius 2 is 1.83 bits per heavy atom. The molecule has 0 atom stereocenters. The first-order chi connectivity index (χ1) is 11.6. The number of hydrogen-bond acceptors (Lipinski definition) is 4. The van der Waals surface area contributed by atoms with E-state index in [9.17, 15) is 0 Å². The van der Waals surface area contributed by atoms with Crippen molar-refractivity contribution in [1.82, 2.24) is 10.4 Å². The summed E-state index contributed by atoms with van der Waals surface area (Å²) >= 11 is 4.87. The van der Waals surface area contributed by atoms with Crippen LogP contribution in [0.2, 0.25) is 0 Å². The molecule has 4 N–H and O–H groups in total. The summed E-state index contributed by atoms with van der Waals surface area (Å²) in [5.41, 5.74) is 6.64. The van der Waals surface area contributed by atoms with Crippen molar-refractivity contribution in [2.45, 2.75) is 6.92 Å². The third-order valence-corrected chi connectivity index (χ3v) is 4.55. The molecule has 0 aliphatic carbocycles. The highest BCUT2D eigenvalue weighted by molar-refractivity contribution is 9.10. The predicted octanol–water partition coefficient (Wildman–Crippen LogP) is 4.44. The van der Waals surface area contributed by atoms with Gasteiger partial charge in [-0.05, 0) is 31.2 Å². The molecule has 3 aromatic rings. The Labute approximate surface area is 152 Å². The number of benzene rings is 2. The highest BCUT2D eigenvalue weighted by Gasteiger charge is 2.05. The lowest BCUT2D eigenvalue weighted by molar-refractivity contribution is 1.02. The summed E-state index contributed by atoms with van der Waals surface area (Å²) in [6, 6.07) is 16.0. The number of guanidine groups is 1. The van der Waals surface area contributed by atoms with Crippen molar-refractivity contribution in [3.05, 3.63) is 63.9 Å². The molecule has 5 nitrogen and oxygen atoms in total. The minimum Gasteiger partial charge on any atom is -0.325 e. The molecule has 3 rings (SSSR count). The molecule has 2 aromatic carbocycles. The van der Waals surface area contributed by atoms with Gasteiger partial charge in [0.05, 0.1) is 5.69 Å². The van der Waals surface area contributed by atoms with Gasteiger partial charge in [0, 0.05) is 21.1 Å². The normalized spacial score (nSPS) is 11.4. The van der Waals surface area contributed by atoms with E-state index in [1.807, 2.05) is 29.6 Å².